The number of nitrogens with zero attached hydrogens (tertiary/aromatic N) is 1. The second kappa shape index (κ2) is 6.77. The van der Waals surface area contributed by atoms with E-state index in [0.717, 1.165) is 18.8 Å². The Labute approximate surface area is 103 Å². The first-order valence-electron chi connectivity index (χ1n) is 5.62. The summed E-state index contributed by atoms with van der Waals surface area (Å²) in [6.45, 7) is 5.89. The van der Waals surface area contributed by atoms with Crippen molar-refractivity contribution in [2.24, 2.45) is 0 Å². The standard InChI is InChI=1S/C13H20ClNO/c1-11(2)16-13-6-4-12(5-7-13)10-15(3)9-8-14/h4-7,11H,8-10H2,1-3H3. The molecule has 0 radical (unpaired) electrons. The highest BCUT2D eigenvalue weighted by Crippen LogP contribution is 2.14. The van der Waals surface area contributed by atoms with Crippen LogP contribution in [0.5, 0.6) is 5.75 Å². The van der Waals surface area contributed by atoms with Gasteiger partial charge < -0.3 is 9.64 Å². The Hall–Kier alpha value is -0.730. The van der Waals surface area contributed by atoms with Gasteiger partial charge in [0.05, 0.1) is 6.10 Å². The van der Waals surface area contributed by atoms with Crippen LogP contribution in [0.4, 0.5) is 0 Å². The zero-order chi connectivity index (χ0) is 12.0. The van der Waals surface area contributed by atoms with E-state index in [1.54, 1.807) is 0 Å². The maximum absolute atomic E-state index is 5.68. The van der Waals surface area contributed by atoms with Crippen molar-refractivity contribution in [2.45, 2.75) is 26.5 Å². The molecule has 0 heterocycles. The van der Waals surface area contributed by atoms with E-state index in [0.29, 0.717) is 5.88 Å². The number of hydrogen-bond donors (Lipinski definition) is 0. The molecule has 1 aromatic rings. The molecule has 0 saturated heterocycles. The number of rotatable bonds is 6. The Morgan fingerprint density at radius 1 is 1.25 bits per heavy atom. The summed E-state index contributed by atoms with van der Waals surface area (Å²) in [4.78, 5) is 2.20. The van der Waals surface area contributed by atoms with Gasteiger partial charge in [0, 0.05) is 19.0 Å². The molecule has 0 fully saturated rings. The summed E-state index contributed by atoms with van der Waals surface area (Å²) in [5.74, 6) is 1.60. The lowest BCUT2D eigenvalue weighted by atomic mass is 10.2. The van der Waals surface area contributed by atoms with Crippen molar-refractivity contribution in [3.05, 3.63) is 29.8 Å². The monoisotopic (exact) mass is 241 g/mol. The Balaban J connectivity index is 2.50. The van der Waals surface area contributed by atoms with Gasteiger partial charge in [0.1, 0.15) is 5.75 Å². The summed E-state index contributed by atoms with van der Waals surface area (Å²) in [5, 5.41) is 0. The van der Waals surface area contributed by atoms with Gasteiger partial charge in [-0.25, -0.2) is 0 Å². The Morgan fingerprint density at radius 2 is 1.88 bits per heavy atom. The van der Waals surface area contributed by atoms with Gasteiger partial charge in [-0.1, -0.05) is 12.1 Å². The second-order valence-electron chi connectivity index (χ2n) is 4.24. The lowest BCUT2D eigenvalue weighted by Gasteiger charge is -2.15. The van der Waals surface area contributed by atoms with Gasteiger partial charge >= 0.3 is 0 Å². The van der Waals surface area contributed by atoms with Crippen molar-refractivity contribution in [3.63, 3.8) is 0 Å². The van der Waals surface area contributed by atoms with E-state index in [4.69, 9.17) is 16.3 Å². The van der Waals surface area contributed by atoms with Crippen molar-refractivity contribution in [3.8, 4) is 5.75 Å². The van der Waals surface area contributed by atoms with Crippen molar-refractivity contribution >= 4 is 11.6 Å². The topological polar surface area (TPSA) is 12.5 Å². The van der Waals surface area contributed by atoms with E-state index >= 15 is 0 Å². The first-order chi connectivity index (χ1) is 7.61. The zero-order valence-corrected chi connectivity index (χ0v) is 11.0. The summed E-state index contributed by atoms with van der Waals surface area (Å²) in [6, 6.07) is 8.23. The molecular weight excluding hydrogens is 222 g/mol. The maximum atomic E-state index is 5.68. The first kappa shape index (κ1) is 13.3. The second-order valence-corrected chi connectivity index (χ2v) is 4.62. The van der Waals surface area contributed by atoms with Crippen LogP contribution < -0.4 is 4.74 Å². The van der Waals surface area contributed by atoms with Crippen LogP contribution in [0.2, 0.25) is 0 Å². The van der Waals surface area contributed by atoms with E-state index < -0.39 is 0 Å². The predicted octanol–water partition coefficient (Wildman–Crippen LogP) is 3.14. The minimum Gasteiger partial charge on any atom is -0.491 e. The summed E-state index contributed by atoms with van der Waals surface area (Å²) in [5.41, 5.74) is 1.28. The van der Waals surface area contributed by atoms with Gasteiger partial charge in [0.15, 0.2) is 0 Å². The lowest BCUT2D eigenvalue weighted by Crippen LogP contribution is -2.19. The van der Waals surface area contributed by atoms with Crippen LogP contribution in [0.25, 0.3) is 0 Å². The maximum Gasteiger partial charge on any atom is 0.119 e. The lowest BCUT2D eigenvalue weighted by molar-refractivity contribution is 0.242. The average molecular weight is 242 g/mol. The molecule has 0 N–H and O–H groups in total. The fourth-order valence-electron chi connectivity index (χ4n) is 1.48. The normalized spacial score (nSPS) is 11.1. The molecule has 90 valence electrons. The van der Waals surface area contributed by atoms with Crippen LogP contribution >= 0.6 is 11.6 Å². The minimum absolute atomic E-state index is 0.227. The fraction of sp³-hybridized carbons (Fsp3) is 0.538. The van der Waals surface area contributed by atoms with E-state index in [1.807, 2.05) is 26.0 Å². The highest BCUT2D eigenvalue weighted by Gasteiger charge is 2.01. The molecule has 0 spiro atoms. The molecule has 0 bridgehead atoms. The number of alkyl halides is 1. The van der Waals surface area contributed by atoms with Gasteiger partial charge in [-0.15, -0.1) is 11.6 Å². The number of hydrogen-bond acceptors (Lipinski definition) is 2. The third-order valence-corrected chi connectivity index (χ3v) is 2.38. The van der Waals surface area contributed by atoms with E-state index in [2.05, 4.69) is 24.1 Å². The SMILES string of the molecule is CC(C)Oc1ccc(CN(C)CCCl)cc1. The van der Waals surface area contributed by atoms with Crippen molar-refractivity contribution < 1.29 is 4.74 Å². The Kier molecular flexibility index (Phi) is 5.64. The number of benzene rings is 1. The van der Waals surface area contributed by atoms with Gasteiger partial charge in [0.25, 0.3) is 0 Å². The number of ether oxygens (including phenoxy) is 1. The van der Waals surface area contributed by atoms with Crippen LogP contribution in [0.15, 0.2) is 24.3 Å². The Bertz CT molecular complexity index is 297. The van der Waals surface area contributed by atoms with Crippen molar-refractivity contribution in [2.75, 3.05) is 19.5 Å². The molecule has 0 unspecified atom stereocenters. The largest absolute Gasteiger partial charge is 0.491 e. The molecule has 0 atom stereocenters. The molecule has 3 heteroatoms. The van der Waals surface area contributed by atoms with Gasteiger partial charge in [0.2, 0.25) is 0 Å². The number of halogens is 1. The van der Waals surface area contributed by atoms with Crippen molar-refractivity contribution in [1.82, 2.24) is 4.90 Å². The quantitative estimate of drug-likeness (QED) is 0.710. The van der Waals surface area contributed by atoms with Crippen LogP contribution in [0, 0.1) is 0 Å². The van der Waals surface area contributed by atoms with Gasteiger partial charge in [-0.05, 0) is 38.6 Å². The molecule has 0 aliphatic heterocycles. The third-order valence-electron chi connectivity index (χ3n) is 2.21. The minimum atomic E-state index is 0.227. The predicted molar refractivity (Wildman–Crippen MR) is 69.3 cm³/mol. The van der Waals surface area contributed by atoms with E-state index in [1.165, 1.54) is 5.56 Å². The van der Waals surface area contributed by atoms with Crippen molar-refractivity contribution in [1.29, 1.82) is 0 Å². The van der Waals surface area contributed by atoms with E-state index in [9.17, 15) is 0 Å². The highest BCUT2D eigenvalue weighted by molar-refractivity contribution is 6.18. The van der Waals surface area contributed by atoms with Gasteiger partial charge in [-0.3, -0.25) is 0 Å². The van der Waals surface area contributed by atoms with Crippen LogP contribution in [0.3, 0.4) is 0 Å². The van der Waals surface area contributed by atoms with Crippen LogP contribution in [0.1, 0.15) is 19.4 Å². The molecule has 0 amide bonds. The molecule has 0 aromatic heterocycles. The summed E-state index contributed by atoms with van der Waals surface area (Å²) in [7, 11) is 2.07. The molecule has 1 aromatic carbocycles. The fourth-order valence-corrected chi connectivity index (χ4v) is 1.77. The molecule has 2 nitrogen and oxygen atoms in total. The summed E-state index contributed by atoms with van der Waals surface area (Å²) in [6.07, 6.45) is 0.227. The third kappa shape index (κ3) is 4.86. The zero-order valence-electron chi connectivity index (χ0n) is 10.2. The molecule has 0 saturated carbocycles. The van der Waals surface area contributed by atoms with E-state index in [-0.39, 0.29) is 6.10 Å². The van der Waals surface area contributed by atoms with Crippen LogP contribution in [-0.4, -0.2) is 30.5 Å². The first-order valence-corrected chi connectivity index (χ1v) is 6.15. The molecule has 1 rings (SSSR count). The summed E-state index contributed by atoms with van der Waals surface area (Å²) >= 11 is 5.68. The molecule has 0 aliphatic rings. The molecular formula is C13H20ClNO. The molecule has 0 aliphatic carbocycles. The Morgan fingerprint density at radius 3 is 2.38 bits per heavy atom. The average Bonchev–Trinajstić information content (AvgIpc) is 2.20. The van der Waals surface area contributed by atoms with Gasteiger partial charge in [-0.2, -0.15) is 0 Å². The van der Waals surface area contributed by atoms with Crippen LogP contribution in [-0.2, 0) is 6.54 Å². The summed E-state index contributed by atoms with van der Waals surface area (Å²) < 4.78 is 5.59. The molecule has 16 heavy (non-hydrogen) atoms. The highest BCUT2D eigenvalue weighted by atomic mass is 35.5. The smallest absolute Gasteiger partial charge is 0.119 e.